The highest BCUT2D eigenvalue weighted by molar-refractivity contribution is 5.94. The second-order valence-corrected chi connectivity index (χ2v) is 7.47. The molecule has 1 saturated heterocycles. The summed E-state index contributed by atoms with van der Waals surface area (Å²) in [6.07, 6.45) is 0. The minimum atomic E-state index is 0.0885. The van der Waals surface area contributed by atoms with Crippen molar-refractivity contribution in [3.8, 4) is 16.9 Å². The lowest BCUT2D eigenvalue weighted by Crippen LogP contribution is -2.49. The van der Waals surface area contributed by atoms with Crippen molar-refractivity contribution >= 4 is 5.91 Å². The number of amides is 1. The van der Waals surface area contributed by atoms with Gasteiger partial charge >= 0.3 is 0 Å². The Labute approximate surface area is 172 Å². The summed E-state index contributed by atoms with van der Waals surface area (Å²) in [5, 5.41) is 0. The maximum Gasteiger partial charge on any atom is 0.253 e. The molecule has 0 aliphatic carbocycles. The van der Waals surface area contributed by atoms with Crippen LogP contribution in [-0.4, -0.2) is 49.5 Å². The average molecular weight is 386 g/mol. The fourth-order valence-corrected chi connectivity index (χ4v) is 3.89. The molecule has 4 nitrogen and oxygen atoms in total. The number of likely N-dealkylation sites (N-methyl/N-ethyl adjacent to an activating group) is 1. The summed E-state index contributed by atoms with van der Waals surface area (Å²) in [4.78, 5) is 17.4. The maximum absolute atomic E-state index is 13.1. The molecule has 1 heterocycles. The molecule has 0 aromatic heterocycles. The Morgan fingerprint density at radius 3 is 2.34 bits per heavy atom. The first-order valence-corrected chi connectivity index (χ1v) is 9.94. The van der Waals surface area contributed by atoms with E-state index in [9.17, 15) is 4.79 Å². The summed E-state index contributed by atoms with van der Waals surface area (Å²) in [5.74, 6) is 0.932. The van der Waals surface area contributed by atoms with Crippen molar-refractivity contribution in [2.24, 2.45) is 0 Å². The van der Waals surface area contributed by atoms with Crippen LogP contribution in [0.2, 0.25) is 0 Å². The summed E-state index contributed by atoms with van der Waals surface area (Å²) < 4.78 is 5.37. The molecule has 0 N–H and O–H groups in total. The average Bonchev–Trinajstić information content (AvgIpc) is 2.79. The molecule has 0 saturated carbocycles. The Morgan fingerprint density at radius 2 is 1.62 bits per heavy atom. The van der Waals surface area contributed by atoms with Crippen molar-refractivity contribution in [1.82, 2.24) is 9.80 Å². The molecule has 3 aromatic carbocycles. The summed E-state index contributed by atoms with van der Waals surface area (Å²) >= 11 is 0. The Bertz CT molecular complexity index is 970. The lowest BCUT2D eigenvalue weighted by atomic mass is 10.0. The number of benzene rings is 3. The van der Waals surface area contributed by atoms with E-state index in [1.807, 2.05) is 59.5 Å². The number of ether oxygens (including phenoxy) is 1. The van der Waals surface area contributed by atoms with E-state index >= 15 is 0 Å². The maximum atomic E-state index is 13.1. The van der Waals surface area contributed by atoms with Crippen molar-refractivity contribution in [3.63, 3.8) is 0 Å². The summed E-state index contributed by atoms with van der Waals surface area (Å²) in [7, 11) is 3.79. The zero-order valence-electron chi connectivity index (χ0n) is 16.9. The van der Waals surface area contributed by atoms with Crippen LogP contribution >= 0.6 is 0 Å². The highest BCUT2D eigenvalue weighted by Crippen LogP contribution is 2.28. The number of rotatable bonds is 4. The van der Waals surface area contributed by atoms with Crippen molar-refractivity contribution < 1.29 is 9.53 Å². The van der Waals surface area contributed by atoms with E-state index in [0.29, 0.717) is 6.54 Å². The zero-order valence-corrected chi connectivity index (χ0v) is 16.9. The molecule has 1 aliphatic rings. The van der Waals surface area contributed by atoms with E-state index < -0.39 is 0 Å². The van der Waals surface area contributed by atoms with Crippen molar-refractivity contribution in [1.29, 1.82) is 0 Å². The van der Waals surface area contributed by atoms with Crippen LogP contribution in [0.4, 0.5) is 0 Å². The molecule has 148 valence electrons. The van der Waals surface area contributed by atoms with Gasteiger partial charge in [0.05, 0.1) is 13.2 Å². The molecule has 4 heteroatoms. The van der Waals surface area contributed by atoms with Crippen LogP contribution in [0.5, 0.6) is 5.75 Å². The van der Waals surface area contributed by atoms with Gasteiger partial charge in [0.2, 0.25) is 0 Å². The van der Waals surface area contributed by atoms with Gasteiger partial charge in [0, 0.05) is 25.2 Å². The second-order valence-electron chi connectivity index (χ2n) is 7.47. The van der Waals surface area contributed by atoms with Gasteiger partial charge < -0.3 is 9.64 Å². The van der Waals surface area contributed by atoms with E-state index in [1.165, 1.54) is 5.56 Å². The summed E-state index contributed by atoms with van der Waals surface area (Å²) in [6, 6.07) is 26.4. The summed E-state index contributed by atoms with van der Waals surface area (Å²) in [5.41, 5.74) is 4.18. The van der Waals surface area contributed by atoms with Gasteiger partial charge in [-0.2, -0.15) is 0 Å². The van der Waals surface area contributed by atoms with E-state index in [1.54, 1.807) is 7.11 Å². The van der Waals surface area contributed by atoms with Gasteiger partial charge in [-0.15, -0.1) is 0 Å². The van der Waals surface area contributed by atoms with Crippen LogP contribution in [0.15, 0.2) is 78.9 Å². The quantitative estimate of drug-likeness (QED) is 0.662. The van der Waals surface area contributed by atoms with Gasteiger partial charge in [-0.1, -0.05) is 54.6 Å². The predicted octanol–water partition coefficient (Wildman–Crippen LogP) is 4.49. The predicted molar refractivity (Wildman–Crippen MR) is 116 cm³/mol. The highest BCUT2D eigenvalue weighted by Gasteiger charge is 2.29. The molecule has 0 bridgehead atoms. The van der Waals surface area contributed by atoms with Crippen LogP contribution in [0.1, 0.15) is 22.0 Å². The minimum Gasteiger partial charge on any atom is -0.497 e. The van der Waals surface area contributed by atoms with Gasteiger partial charge in [0.25, 0.3) is 5.91 Å². The van der Waals surface area contributed by atoms with E-state index in [4.69, 9.17) is 4.74 Å². The van der Waals surface area contributed by atoms with Crippen LogP contribution in [0.3, 0.4) is 0 Å². The number of nitrogens with zero attached hydrogens (tertiary/aromatic N) is 2. The van der Waals surface area contributed by atoms with E-state index in [0.717, 1.165) is 35.5 Å². The third-order valence-corrected chi connectivity index (χ3v) is 5.65. The SMILES string of the molecule is COc1cccc(C2CN(C(=O)c3ccc(-c4ccccc4)cc3)CCN2C)c1. The number of hydrogen-bond acceptors (Lipinski definition) is 3. The minimum absolute atomic E-state index is 0.0885. The first kappa shape index (κ1) is 19.2. The number of carbonyl (C=O) groups excluding carboxylic acids is 1. The smallest absolute Gasteiger partial charge is 0.253 e. The molecule has 1 amide bonds. The molecule has 1 unspecified atom stereocenters. The van der Waals surface area contributed by atoms with Crippen LogP contribution in [0, 0.1) is 0 Å². The Balaban J connectivity index is 1.51. The normalized spacial score (nSPS) is 17.2. The van der Waals surface area contributed by atoms with Crippen molar-refractivity contribution in [3.05, 3.63) is 90.0 Å². The fourth-order valence-electron chi connectivity index (χ4n) is 3.89. The Kier molecular flexibility index (Phi) is 5.63. The first-order chi connectivity index (χ1) is 14.2. The topological polar surface area (TPSA) is 32.8 Å². The van der Waals surface area contributed by atoms with Crippen LogP contribution < -0.4 is 4.74 Å². The number of piperazine rings is 1. The molecule has 1 aliphatic heterocycles. The van der Waals surface area contributed by atoms with Crippen LogP contribution in [-0.2, 0) is 0 Å². The number of carbonyl (C=O) groups is 1. The monoisotopic (exact) mass is 386 g/mol. The Morgan fingerprint density at radius 1 is 0.897 bits per heavy atom. The van der Waals surface area contributed by atoms with Gasteiger partial charge in [0.15, 0.2) is 0 Å². The van der Waals surface area contributed by atoms with E-state index in [-0.39, 0.29) is 11.9 Å². The second kappa shape index (κ2) is 8.50. The molecule has 3 aromatic rings. The molecule has 0 radical (unpaired) electrons. The standard InChI is InChI=1S/C25H26N2O2/c1-26-15-16-27(18-24(26)22-9-6-10-23(17-22)29-2)25(28)21-13-11-20(12-14-21)19-7-4-3-5-8-19/h3-14,17,24H,15-16,18H2,1-2H3. The largest absolute Gasteiger partial charge is 0.497 e. The van der Waals surface area contributed by atoms with E-state index in [2.05, 4.69) is 36.2 Å². The van der Waals surface area contributed by atoms with Gasteiger partial charge in [-0.3, -0.25) is 9.69 Å². The number of methoxy groups -OCH3 is 1. The molecule has 4 rings (SSSR count). The van der Waals surface area contributed by atoms with Crippen LogP contribution in [0.25, 0.3) is 11.1 Å². The highest BCUT2D eigenvalue weighted by atomic mass is 16.5. The fraction of sp³-hybridized carbons (Fsp3) is 0.240. The zero-order chi connectivity index (χ0) is 20.2. The van der Waals surface area contributed by atoms with Crippen molar-refractivity contribution in [2.75, 3.05) is 33.8 Å². The van der Waals surface area contributed by atoms with Gasteiger partial charge in [-0.05, 0) is 48.0 Å². The first-order valence-electron chi connectivity index (χ1n) is 9.94. The molecule has 29 heavy (non-hydrogen) atoms. The molecule has 1 fully saturated rings. The number of hydrogen-bond donors (Lipinski definition) is 0. The third-order valence-electron chi connectivity index (χ3n) is 5.65. The third kappa shape index (κ3) is 4.17. The molecular formula is C25H26N2O2. The molecular weight excluding hydrogens is 360 g/mol. The van der Waals surface area contributed by atoms with Gasteiger partial charge in [0.1, 0.15) is 5.75 Å². The Hall–Kier alpha value is -3.11. The van der Waals surface area contributed by atoms with Gasteiger partial charge in [-0.25, -0.2) is 0 Å². The molecule has 0 spiro atoms. The lowest BCUT2D eigenvalue weighted by Gasteiger charge is -2.39. The molecule has 1 atom stereocenters. The van der Waals surface area contributed by atoms with Crippen molar-refractivity contribution in [2.45, 2.75) is 6.04 Å². The lowest BCUT2D eigenvalue weighted by molar-refractivity contribution is 0.0546. The summed E-state index contributed by atoms with van der Waals surface area (Å²) in [6.45, 7) is 2.24.